The van der Waals surface area contributed by atoms with Crippen LogP contribution in [0.3, 0.4) is 0 Å². The Morgan fingerprint density at radius 3 is 2.09 bits per heavy atom. The highest BCUT2D eigenvalue weighted by molar-refractivity contribution is 5.71. The predicted octanol–water partition coefficient (Wildman–Crippen LogP) is 5.32. The van der Waals surface area contributed by atoms with E-state index in [2.05, 4.69) is 22.3 Å². The summed E-state index contributed by atoms with van der Waals surface area (Å²) in [6.45, 7) is 8.25. The average molecular weight is 455 g/mol. The number of nitrogens with one attached hydrogen (secondary N) is 1. The Balaban J connectivity index is 1.70. The quantitative estimate of drug-likeness (QED) is 0.328. The van der Waals surface area contributed by atoms with Crippen LogP contribution < -0.4 is 5.32 Å². The van der Waals surface area contributed by atoms with E-state index in [4.69, 9.17) is 9.47 Å². The molecule has 0 aliphatic carbocycles. The van der Waals surface area contributed by atoms with Crippen molar-refractivity contribution in [2.24, 2.45) is 0 Å². The maximum atomic E-state index is 12.4. The number of ether oxygens (including phenoxy) is 2. The van der Waals surface area contributed by atoms with Gasteiger partial charge in [0.1, 0.15) is 12.2 Å². The molecule has 2 aromatic carbocycles. The molecule has 0 radical (unpaired) electrons. The summed E-state index contributed by atoms with van der Waals surface area (Å²) < 4.78 is 10.7. The van der Waals surface area contributed by atoms with Gasteiger partial charge >= 0.3 is 12.1 Å². The van der Waals surface area contributed by atoms with Crippen LogP contribution in [0.1, 0.15) is 57.6 Å². The first-order chi connectivity index (χ1) is 15.8. The van der Waals surface area contributed by atoms with E-state index in [0.29, 0.717) is 19.7 Å². The number of hydrogen-bond acceptors (Lipinski definition) is 5. The third kappa shape index (κ3) is 12.7. The molecule has 0 unspecified atom stereocenters. The molecular formula is C27H38N2O4. The third-order valence-electron chi connectivity index (χ3n) is 4.91. The minimum Gasteiger partial charge on any atom is -0.460 e. The topological polar surface area (TPSA) is 67.9 Å². The monoisotopic (exact) mass is 454 g/mol. The van der Waals surface area contributed by atoms with Crippen molar-refractivity contribution in [3.63, 3.8) is 0 Å². The Morgan fingerprint density at radius 2 is 1.45 bits per heavy atom. The van der Waals surface area contributed by atoms with E-state index in [1.807, 2.05) is 69.3 Å². The van der Waals surface area contributed by atoms with Crippen LogP contribution in [0.5, 0.6) is 0 Å². The summed E-state index contributed by atoms with van der Waals surface area (Å²) in [6.07, 6.45) is 3.54. The van der Waals surface area contributed by atoms with Crippen LogP contribution in [0, 0.1) is 0 Å². The smallest absolute Gasteiger partial charge is 0.407 e. The van der Waals surface area contributed by atoms with E-state index < -0.39 is 5.60 Å². The summed E-state index contributed by atoms with van der Waals surface area (Å²) in [6, 6.07) is 19.9. The van der Waals surface area contributed by atoms with Crippen LogP contribution in [0.25, 0.3) is 0 Å². The van der Waals surface area contributed by atoms with Gasteiger partial charge in [0, 0.05) is 13.1 Å². The van der Waals surface area contributed by atoms with E-state index >= 15 is 0 Å². The first kappa shape index (κ1) is 26.4. The molecule has 0 heterocycles. The lowest BCUT2D eigenvalue weighted by atomic mass is 10.1. The van der Waals surface area contributed by atoms with Crippen LogP contribution in [-0.2, 0) is 27.4 Å². The van der Waals surface area contributed by atoms with Crippen LogP contribution in [-0.4, -0.2) is 42.2 Å². The number of amides is 1. The molecule has 0 fully saturated rings. The van der Waals surface area contributed by atoms with Gasteiger partial charge in [-0.25, -0.2) is 4.79 Å². The molecule has 6 heteroatoms. The molecule has 0 saturated carbocycles. The zero-order chi connectivity index (χ0) is 23.9. The van der Waals surface area contributed by atoms with E-state index in [1.165, 1.54) is 5.56 Å². The second-order valence-corrected chi connectivity index (χ2v) is 9.19. The van der Waals surface area contributed by atoms with Gasteiger partial charge in [-0.15, -0.1) is 0 Å². The van der Waals surface area contributed by atoms with Gasteiger partial charge in [-0.05, 0) is 51.3 Å². The number of alkyl carbamates (subject to hydrolysis) is 1. The van der Waals surface area contributed by atoms with Crippen LogP contribution in [0.2, 0.25) is 0 Å². The fourth-order valence-corrected chi connectivity index (χ4v) is 3.34. The lowest BCUT2D eigenvalue weighted by Gasteiger charge is -2.21. The molecule has 0 spiro atoms. The number of carbonyl (C=O) groups excluding carboxylic acids is 2. The molecule has 0 saturated heterocycles. The highest BCUT2D eigenvalue weighted by Crippen LogP contribution is 2.10. The average Bonchev–Trinajstić information content (AvgIpc) is 2.77. The molecule has 180 valence electrons. The summed E-state index contributed by atoms with van der Waals surface area (Å²) in [5.74, 6) is -0.212. The number of rotatable bonds is 13. The van der Waals surface area contributed by atoms with E-state index in [0.717, 1.165) is 37.8 Å². The molecule has 0 atom stereocenters. The fourth-order valence-electron chi connectivity index (χ4n) is 3.34. The Labute approximate surface area is 198 Å². The minimum atomic E-state index is -0.478. The first-order valence-electron chi connectivity index (χ1n) is 11.7. The number of benzene rings is 2. The van der Waals surface area contributed by atoms with Gasteiger partial charge in [-0.1, -0.05) is 73.5 Å². The highest BCUT2D eigenvalue weighted by atomic mass is 16.6. The maximum absolute atomic E-state index is 12.4. The Hall–Kier alpha value is -2.86. The normalized spacial score (nSPS) is 11.3. The standard InChI is InChI=1S/C27H38N2O4/c1-27(2,3)33-26(31)28-18-12-4-5-13-19-29(20-23-14-8-6-9-15-23)21-25(30)32-22-24-16-10-7-11-17-24/h6-11,14-17H,4-5,12-13,18-22H2,1-3H3,(H,28,31). The summed E-state index contributed by atoms with van der Waals surface area (Å²) in [7, 11) is 0. The molecule has 0 aliphatic rings. The van der Waals surface area contributed by atoms with E-state index in [1.54, 1.807) is 0 Å². The van der Waals surface area contributed by atoms with Crippen LogP contribution in [0.15, 0.2) is 60.7 Å². The van der Waals surface area contributed by atoms with Crippen LogP contribution in [0.4, 0.5) is 4.79 Å². The predicted molar refractivity (Wildman–Crippen MR) is 131 cm³/mol. The molecule has 0 aromatic heterocycles. The van der Waals surface area contributed by atoms with Gasteiger partial charge in [0.25, 0.3) is 0 Å². The van der Waals surface area contributed by atoms with Gasteiger partial charge in [-0.2, -0.15) is 0 Å². The molecule has 1 amide bonds. The molecule has 6 nitrogen and oxygen atoms in total. The Bertz CT molecular complexity index is 819. The number of hydrogen-bond donors (Lipinski definition) is 1. The van der Waals surface area contributed by atoms with Gasteiger partial charge < -0.3 is 14.8 Å². The molecule has 2 aromatic rings. The third-order valence-corrected chi connectivity index (χ3v) is 4.91. The zero-order valence-electron chi connectivity index (χ0n) is 20.2. The minimum absolute atomic E-state index is 0.212. The van der Waals surface area contributed by atoms with Crippen molar-refractivity contribution >= 4 is 12.1 Å². The van der Waals surface area contributed by atoms with Gasteiger partial charge in [-0.3, -0.25) is 9.69 Å². The van der Waals surface area contributed by atoms with E-state index in [-0.39, 0.29) is 18.6 Å². The summed E-state index contributed by atoms with van der Waals surface area (Å²) >= 11 is 0. The van der Waals surface area contributed by atoms with Crippen molar-refractivity contribution in [2.45, 2.75) is 65.2 Å². The van der Waals surface area contributed by atoms with Gasteiger partial charge in [0.2, 0.25) is 0 Å². The van der Waals surface area contributed by atoms with Crippen molar-refractivity contribution in [2.75, 3.05) is 19.6 Å². The molecule has 33 heavy (non-hydrogen) atoms. The second-order valence-electron chi connectivity index (χ2n) is 9.19. The van der Waals surface area contributed by atoms with Crippen molar-refractivity contribution in [3.8, 4) is 0 Å². The first-order valence-corrected chi connectivity index (χ1v) is 11.7. The van der Waals surface area contributed by atoms with E-state index in [9.17, 15) is 9.59 Å². The maximum Gasteiger partial charge on any atom is 0.407 e. The number of nitrogens with zero attached hydrogens (tertiary/aromatic N) is 1. The molecule has 2 rings (SSSR count). The number of unbranched alkanes of at least 4 members (excludes halogenated alkanes) is 3. The molecular weight excluding hydrogens is 416 g/mol. The number of esters is 1. The van der Waals surface area contributed by atoms with Crippen molar-refractivity contribution in [1.29, 1.82) is 0 Å². The molecule has 0 bridgehead atoms. The van der Waals surface area contributed by atoms with Crippen molar-refractivity contribution < 1.29 is 19.1 Å². The summed E-state index contributed by atoms with van der Waals surface area (Å²) in [5.41, 5.74) is 1.68. The van der Waals surface area contributed by atoms with Crippen LogP contribution >= 0.6 is 0 Å². The van der Waals surface area contributed by atoms with Crippen molar-refractivity contribution in [3.05, 3.63) is 71.8 Å². The molecule has 1 N–H and O–H groups in total. The number of carbonyl (C=O) groups is 2. The van der Waals surface area contributed by atoms with Crippen molar-refractivity contribution in [1.82, 2.24) is 10.2 Å². The largest absolute Gasteiger partial charge is 0.460 e. The SMILES string of the molecule is CC(C)(C)OC(=O)NCCCCCCN(CC(=O)OCc1ccccc1)Cc1ccccc1. The second kappa shape index (κ2) is 14.3. The molecule has 0 aliphatic heterocycles. The highest BCUT2D eigenvalue weighted by Gasteiger charge is 2.15. The Kier molecular flexibility index (Phi) is 11.5. The van der Waals surface area contributed by atoms with Gasteiger partial charge in [0.15, 0.2) is 0 Å². The zero-order valence-corrected chi connectivity index (χ0v) is 20.2. The fraction of sp³-hybridized carbons (Fsp3) is 0.481. The summed E-state index contributed by atoms with van der Waals surface area (Å²) in [4.78, 5) is 26.3. The Morgan fingerprint density at radius 1 is 0.848 bits per heavy atom. The lowest BCUT2D eigenvalue weighted by molar-refractivity contribution is -0.146. The summed E-state index contributed by atoms with van der Waals surface area (Å²) in [5, 5.41) is 2.79. The lowest BCUT2D eigenvalue weighted by Crippen LogP contribution is -2.33. The van der Waals surface area contributed by atoms with Gasteiger partial charge in [0.05, 0.1) is 6.54 Å².